The molecular formula is C15H17N3S. The molecule has 98 valence electrons. The minimum atomic E-state index is 0.457. The van der Waals surface area contributed by atoms with E-state index in [4.69, 9.17) is 0 Å². The highest BCUT2D eigenvalue weighted by Crippen LogP contribution is 2.25. The van der Waals surface area contributed by atoms with Gasteiger partial charge in [-0.1, -0.05) is 56.4 Å². The second-order valence-electron chi connectivity index (χ2n) is 5.00. The number of imidazole rings is 1. The Morgan fingerprint density at radius 3 is 2.53 bits per heavy atom. The van der Waals surface area contributed by atoms with Crippen LogP contribution in [-0.2, 0) is 6.42 Å². The van der Waals surface area contributed by atoms with Gasteiger partial charge in [0.2, 0.25) is 4.96 Å². The number of hydrogen-bond donors (Lipinski definition) is 0. The van der Waals surface area contributed by atoms with Crippen LogP contribution in [0.25, 0.3) is 16.2 Å². The lowest BCUT2D eigenvalue weighted by atomic mass is 10.1. The van der Waals surface area contributed by atoms with Gasteiger partial charge in [0.15, 0.2) is 0 Å². The molecule has 1 aromatic carbocycles. The molecule has 3 aromatic rings. The third-order valence-electron chi connectivity index (χ3n) is 3.21. The molecule has 19 heavy (non-hydrogen) atoms. The largest absolute Gasteiger partial charge is 0.217 e. The Balaban J connectivity index is 1.98. The SMILES string of the molecule is CCc1ccc(-c2cn3nc(C(C)C)sc3n2)cc1. The van der Waals surface area contributed by atoms with Crippen molar-refractivity contribution < 1.29 is 0 Å². The summed E-state index contributed by atoms with van der Waals surface area (Å²) in [6, 6.07) is 8.59. The molecule has 0 amide bonds. The summed E-state index contributed by atoms with van der Waals surface area (Å²) in [5, 5.41) is 5.70. The number of benzene rings is 1. The van der Waals surface area contributed by atoms with Crippen LogP contribution < -0.4 is 0 Å². The first-order valence-corrected chi connectivity index (χ1v) is 7.44. The van der Waals surface area contributed by atoms with E-state index >= 15 is 0 Å². The van der Waals surface area contributed by atoms with Crippen molar-refractivity contribution in [3.63, 3.8) is 0 Å². The second kappa shape index (κ2) is 4.78. The van der Waals surface area contributed by atoms with Crippen LogP contribution in [0.15, 0.2) is 30.5 Å². The van der Waals surface area contributed by atoms with Gasteiger partial charge in [0, 0.05) is 11.5 Å². The molecule has 4 heteroatoms. The average molecular weight is 271 g/mol. The first-order chi connectivity index (χ1) is 9.17. The summed E-state index contributed by atoms with van der Waals surface area (Å²) in [6.07, 6.45) is 3.08. The van der Waals surface area contributed by atoms with E-state index in [1.165, 1.54) is 5.56 Å². The maximum Gasteiger partial charge on any atom is 0.212 e. The molecule has 0 aliphatic rings. The monoisotopic (exact) mass is 271 g/mol. The van der Waals surface area contributed by atoms with Crippen molar-refractivity contribution in [2.45, 2.75) is 33.1 Å². The van der Waals surface area contributed by atoms with E-state index in [0.29, 0.717) is 5.92 Å². The third-order valence-corrected chi connectivity index (χ3v) is 4.43. The highest BCUT2D eigenvalue weighted by Gasteiger charge is 2.11. The molecule has 0 saturated heterocycles. The highest BCUT2D eigenvalue weighted by molar-refractivity contribution is 7.16. The van der Waals surface area contributed by atoms with Gasteiger partial charge in [0.05, 0.1) is 11.9 Å². The summed E-state index contributed by atoms with van der Waals surface area (Å²) in [6.45, 7) is 6.48. The van der Waals surface area contributed by atoms with E-state index in [0.717, 1.165) is 27.6 Å². The van der Waals surface area contributed by atoms with Crippen LogP contribution in [-0.4, -0.2) is 14.6 Å². The van der Waals surface area contributed by atoms with Gasteiger partial charge in [0.1, 0.15) is 5.01 Å². The van der Waals surface area contributed by atoms with Gasteiger partial charge < -0.3 is 0 Å². The van der Waals surface area contributed by atoms with Crippen molar-refractivity contribution in [1.82, 2.24) is 14.6 Å². The number of rotatable bonds is 3. The number of nitrogens with zero attached hydrogens (tertiary/aromatic N) is 3. The van der Waals surface area contributed by atoms with Crippen LogP contribution >= 0.6 is 11.3 Å². The lowest BCUT2D eigenvalue weighted by molar-refractivity contribution is 0.802. The van der Waals surface area contributed by atoms with E-state index in [-0.39, 0.29) is 0 Å². The van der Waals surface area contributed by atoms with Gasteiger partial charge in [-0.15, -0.1) is 0 Å². The fourth-order valence-electron chi connectivity index (χ4n) is 2.00. The van der Waals surface area contributed by atoms with Crippen LogP contribution in [0.1, 0.15) is 37.3 Å². The third kappa shape index (κ3) is 2.28. The molecule has 2 aromatic heterocycles. The number of fused-ring (bicyclic) bond motifs is 1. The van der Waals surface area contributed by atoms with Gasteiger partial charge in [-0.2, -0.15) is 5.10 Å². The predicted octanol–water partition coefficient (Wildman–Crippen LogP) is 4.14. The number of aromatic nitrogens is 3. The van der Waals surface area contributed by atoms with Crippen LogP contribution in [0.2, 0.25) is 0 Å². The summed E-state index contributed by atoms with van der Waals surface area (Å²) in [5.41, 5.74) is 3.50. The van der Waals surface area contributed by atoms with Crippen molar-refractivity contribution >= 4 is 16.3 Å². The van der Waals surface area contributed by atoms with E-state index in [1.54, 1.807) is 11.3 Å². The standard InChI is InChI=1S/C15H17N3S/c1-4-11-5-7-12(8-6-11)13-9-18-15(16-13)19-14(17-18)10(2)3/h5-10H,4H2,1-3H3. The smallest absolute Gasteiger partial charge is 0.212 e. The maximum atomic E-state index is 4.66. The number of hydrogen-bond acceptors (Lipinski definition) is 3. The Labute approximate surface area is 116 Å². The van der Waals surface area contributed by atoms with Gasteiger partial charge in [-0.05, 0) is 12.0 Å². The lowest BCUT2D eigenvalue weighted by Crippen LogP contribution is -1.88. The molecule has 0 spiro atoms. The van der Waals surface area contributed by atoms with Gasteiger partial charge >= 0.3 is 0 Å². The Kier molecular flexibility index (Phi) is 3.11. The molecule has 0 saturated carbocycles. The summed E-state index contributed by atoms with van der Waals surface area (Å²) in [7, 11) is 0. The van der Waals surface area contributed by atoms with Crippen molar-refractivity contribution in [3.05, 3.63) is 41.0 Å². The molecular weight excluding hydrogens is 254 g/mol. The minimum Gasteiger partial charge on any atom is -0.217 e. The van der Waals surface area contributed by atoms with E-state index < -0.39 is 0 Å². The van der Waals surface area contributed by atoms with Crippen LogP contribution in [0.4, 0.5) is 0 Å². The first kappa shape index (κ1) is 12.4. The predicted molar refractivity (Wildman–Crippen MR) is 79.8 cm³/mol. The zero-order valence-electron chi connectivity index (χ0n) is 11.4. The van der Waals surface area contributed by atoms with Gasteiger partial charge in [-0.25, -0.2) is 9.50 Å². The Bertz CT molecular complexity index is 660. The molecule has 0 aliphatic carbocycles. The van der Waals surface area contributed by atoms with Crippen LogP contribution in [0.5, 0.6) is 0 Å². The summed E-state index contributed by atoms with van der Waals surface area (Å²) in [4.78, 5) is 5.63. The molecule has 0 bridgehead atoms. The highest BCUT2D eigenvalue weighted by atomic mass is 32.1. The zero-order valence-corrected chi connectivity index (χ0v) is 12.2. The Morgan fingerprint density at radius 1 is 1.21 bits per heavy atom. The average Bonchev–Trinajstić information content (AvgIpc) is 2.97. The molecule has 3 rings (SSSR count). The first-order valence-electron chi connectivity index (χ1n) is 6.62. The zero-order chi connectivity index (χ0) is 13.4. The normalized spacial score (nSPS) is 11.6. The van der Waals surface area contributed by atoms with Gasteiger partial charge in [0.25, 0.3) is 0 Å². The molecule has 0 unspecified atom stereocenters. The fraction of sp³-hybridized carbons (Fsp3) is 0.333. The van der Waals surface area contributed by atoms with Crippen LogP contribution in [0.3, 0.4) is 0 Å². The molecule has 0 fully saturated rings. The summed E-state index contributed by atoms with van der Waals surface area (Å²) < 4.78 is 1.89. The topological polar surface area (TPSA) is 30.2 Å². The van der Waals surface area contributed by atoms with E-state index in [9.17, 15) is 0 Å². The Hall–Kier alpha value is -1.68. The molecule has 0 aliphatic heterocycles. The van der Waals surface area contributed by atoms with E-state index in [2.05, 4.69) is 55.1 Å². The van der Waals surface area contributed by atoms with Crippen LogP contribution in [0, 0.1) is 0 Å². The molecule has 2 heterocycles. The number of aryl methyl sites for hydroxylation is 1. The Morgan fingerprint density at radius 2 is 1.95 bits per heavy atom. The molecule has 3 nitrogen and oxygen atoms in total. The summed E-state index contributed by atoms with van der Waals surface area (Å²) >= 11 is 1.67. The van der Waals surface area contributed by atoms with Crippen molar-refractivity contribution in [2.75, 3.05) is 0 Å². The fourth-order valence-corrected chi connectivity index (χ4v) is 2.88. The lowest BCUT2D eigenvalue weighted by Gasteiger charge is -1.99. The maximum absolute atomic E-state index is 4.66. The minimum absolute atomic E-state index is 0.457. The van der Waals surface area contributed by atoms with Crippen molar-refractivity contribution in [3.8, 4) is 11.3 Å². The molecule has 0 radical (unpaired) electrons. The quantitative estimate of drug-likeness (QED) is 0.716. The molecule has 0 N–H and O–H groups in total. The second-order valence-corrected chi connectivity index (χ2v) is 5.99. The summed E-state index contributed by atoms with van der Waals surface area (Å²) in [5.74, 6) is 0.457. The van der Waals surface area contributed by atoms with Crippen molar-refractivity contribution in [1.29, 1.82) is 0 Å². The molecule has 0 atom stereocenters. The van der Waals surface area contributed by atoms with Gasteiger partial charge in [-0.3, -0.25) is 0 Å². The van der Waals surface area contributed by atoms with E-state index in [1.807, 2.05) is 10.7 Å². The van der Waals surface area contributed by atoms with Crippen molar-refractivity contribution in [2.24, 2.45) is 0 Å².